The van der Waals surface area contributed by atoms with Crippen molar-refractivity contribution in [3.05, 3.63) is 47.5 Å². The quantitative estimate of drug-likeness (QED) is 0.908. The first kappa shape index (κ1) is 16.1. The van der Waals surface area contributed by atoms with Crippen molar-refractivity contribution in [3.8, 4) is 0 Å². The Morgan fingerprint density at radius 2 is 1.83 bits per heavy atom. The summed E-state index contributed by atoms with van der Waals surface area (Å²) in [5, 5.41) is 10.3. The maximum Gasteiger partial charge on any atom is 0.226 e. The minimum absolute atomic E-state index is 0.0902. The molecule has 1 fully saturated rings. The van der Waals surface area contributed by atoms with Crippen LogP contribution in [0.25, 0.3) is 0 Å². The first-order valence-electron chi connectivity index (χ1n) is 8.61. The van der Waals surface area contributed by atoms with Crippen molar-refractivity contribution in [2.24, 2.45) is 5.92 Å². The van der Waals surface area contributed by atoms with Crippen molar-refractivity contribution in [1.29, 1.82) is 0 Å². The van der Waals surface area contributed by atoms with Gasteiger partial charge in [0.25, 0.3) is 0 Å². The summed E-state index contributed by atoms with van der Waals surface area (Å²) >= 11 is 0. The number of nitrogens with zero attached hydrogens (tertiary/aromatic N) is 2. The third-order valence-corrected chi connectivity index (χ3v) is 4.44. The highest BCUT2D eigenvalue weighted by Crippen LogP contribution is 2.31. The molecule has 0 radical (unpaired) electrons. The number of piperidine rings is 1. The van der Waals surface area contributed by atoms with Crippen molar-refractivity contribution >= 4 is 5.88 Å². The molecule has 1 aliphatic rings. The van der Waals surface area contributed by atoms with Crippen LogP contribution in [0.2, 0.25) is 0 Å². The molecule has 1 saturated heterocycles. The van der Waals surface area contributed by atoms with E-state index in [1.54, 1.807) is 0 Å². The van der Waals surface area contributed by atoms with Crippen LogP contribution in [-0.2, 0) is 6.42 Å². The monoisotopic (exact) mass is 314 g/mol. The Hall–Kier alpha value is -1.81. The minimum Gasteiger partial charge on any atom is -0.422 e. The van der Waals surface area contributed by atoms with E-state index in [2.05, 4.69) is 22.0 Å². The smallest absolute Gasteiger partial charge is 0.226 e. The van der Waals surface area contributed by atoms with Gasteiger partial charge in [0, 0.05) is 19.5 Å². The molecule has 2 heterocycles. The summed E-state index contributed by atoms with van der Waals surface area (Å²) in [7, 11) is 0. The van der Waals surface area contributed by atoms with Gasteiger partial charge < -0.3 is 14.4 Å². The number of benzene rings is 1. The number of hydrogen-bond acceptors (Lipinski definition) is 4. The molecule has 0 amide bonds. The predicted molar refractivity (Wildman–Crippen MR) is 91.6 cm³/mol. The lowest BCUT2D eigenvalue weighted by atomic mass is 10.1. The summed E-state index contributed by atoms with van der Waals surface area (Å²) in [6.07, 6.45) is 3.74. The van der Waals surface area contributed by atoms with E-state index in [0.717, 1.165) is 31.1 Å². The highest BCUT2D eigenvalue weighted by molar-refractivity contribution is 5.44. The average Bonchev–Trinajstić information content (AvgIpc) is 2.99. The van der Waals surface area contributed by atoms with Gasteiger partial charge in [0.05, 0.1) is 0 Å². The summed E-state index contributed by atoms with van der Waals surface area (Å²) in [6, 6.07) is 10.3. The highest BCUT2D eigenvalue weighted by atomic mass is 16.4. The van der Waals surface area contributed by atoms with E-state index < -0.39 is 6.10 Å². The van der Waals surface area contributed by atoms with Gasteiger partial charge in [-0.2, -0.15) is 0 Å². The zero-order valence-corrected chi connectivity index (χ0v) is 14.0. The Balaban J connectivity index is 1.91. The molecule has 1 N–H and O–H groups in total. The largest absolute Gasteiger partial charge is 0.422 e. The number of aliphatic hydroxyl groups is 1. The fourth-order valence-corrected chi connectivity index (χ4v) is 3.02. The van der Waals surface area contributed by atoms with Crippen LogP contribution < -0.4 is 4.90 Å². The predicted octanol–water partition coefficient (Wildman–Crippen LogP) is 3.95. The highest BCUT2D eigenvalue weighted by Gasteiger charge is 2.25. The molecule has 4 heteroatoms. The summed E-state index contributed by atoms with van der Waals surface area (Å²) in [4.78, 5) is 6.93. The third kappa shape index (κ3) is 3.75. The molecule has 1 aromatic carbocycles. The molecule has 0 bridgehead atoms. The van der Waals surface area contributed by atoms with Crippen molar-refractivity contribution in [1.82, 2.24) is 4.98 Å². The molecular formula is C19H26N2O2. The first-order chi connectivity index (χ1) is 11.1. The van der Waals surface area contributed by atoms with Crippen LogP contribution in [0.5, 0.6) is 0 Å². The maximum atomic E-state index is 10.3. The Morgan fingerprint density at radius 1 is 1.13 bits per heavy atom. The average molecular weight is 314 g/mol. The molecule has 2 aromatic rings. The van der Waals surface area contributed by atoms with E-state index in [4.69, 9.17) is 4.42 Å². The van der Waals surface area contributed by atoms with Crippen molar-refractivity contribution in [2.75, 3.05) is 18.0 Å². The second-order valence-corrected chi connectivity index (χ2v) is 6.70. The Bertz CT molecular complexity index is 616. The van der Waals surface area contributed by atoms with Crippen LogP contribution in [0, 0.1) is 5.92 Å². The van der Waals surface area contributed by atoms with E-state index in [1.807, 2.05) is 32.0 Å². The van der Waals surface area contributed by atoms with Gasteiger partial charge >= 0.3 is 0 Å². The molecular weight excluding hydrogens is 288 g/mol. The van der Waals surface area contributed by atoms with Gasteiger partial charge in [-0.3, -0.25) is 0 Å². The van der Waals surface area contributed by atoms with Gasteiger partial charge in [-0.25, -0.2) is 4.98 Å². The number of anilines is 1. The van der Waals surface area contributed by atoms with Gasteiger partial charge in [-0.1, -0.05) is 44.2 Å². The summed E-state index contributed by atoms with van der Waals surface area (Å²) in [5.41, 5.74) is 2.15. The lowest BCUT2D eigenvalue weighted by molar-refractivity contribution is 0.0973. The van der Waals surface area contributed by atoms with Crippen LogP contribution in [0.15, 0.2) is 34.7 Å². The maximum absolute atomic E-state index is 10.3. The lowest BCUT2D eigenvalue weighted by Gasteiger charge is -2.26. The molecule has 1 unspecified atom stereocenters. The molecule has 1 atom stereocenters. The van der Waals surface area contributed by atoms with Gasteiger partial charge in [0.15, 0.2) is 0 Å². The van der Waals surface area contributed by atoms with E-state index in [1.165, 1.54) is 24.8 Å². The van der Waals surface area contributed by atoms with Gasteiger partial charge in [-0.05, 0) is 30.7 Å². The summed E-state index contributed by atoms with van der Waals surface area (Å²) in [5.74, 6) is 1.39. The number of rotatable bonds is 5. The van der Waals surface area contributed by atoms with Crippen LogP contribution >= 0.6 is 0 Å². The fraction of sp³-hybridized carbons (Fsp3) is 0.526. The topological polar surface area (TPSA) is 49.5 Å². The normalized spacial score (nSPS) is 16.8. The zero-order valence-electron chi connectivity index (χ0n) is 14.0. The van der Waals surface area contributed by atoms with Crippen LogP contribution in [0.1, 0.15) is 56.4 Å². The Kier molecular flexibility index (Phi) is 5.01. The van der Waals surface area contributed by atoms with Gasteiger partial charge in [0.1, 0.15) is 11.8 Å². The molecule has 23 heavy (non-hydrogen) atoms. The Morgan fingerprint density at radius 3 is 2.48 bits per heavy atom. The number of oxazole rings is 1. The van der Waals surface area contributed by atoms with Crippen LogP contribution in [-0.4, -0.2) is 23.2 Å². The Labute approximate surface area is 138 Å². The van der Waals surface area contributed by atoms with Crippen LogP contribution in [0.4, 0.5) is 5.88 Å². The van der Waals surface area contributed by atoms with Crippen molar-refractivity contribution in [3.63, 3.8) is 0 Å². The SMILES string of the molecule is CC(C)C(O)c1nc(Cc2ccccc2)c(N2CCCCC2)o1. The second-order valence-electron chi connectivity index (χ2n) is 6.70. The molecule has 1 aliphatic heterocycles. The molecule has 1 aromatic heterocycles. The van der Waals surface area contributed by atoms with Gasteiger partial charge in [-0.15, -0.1) is 0 Å². The van der Waals surface area contributed by atoms with E-state index in [0.29, 0.717) is 5.89 Å². The second kappa shape index (κ2) is 7.18. The lowest BCUT2D eigenvalue weighted by Crippen LogP contribution is -2.29. The van der Waals surface area contributed by atoms with Crippen molar-refractivity contribution in [2.45, 2.75) is 45.6 Å². The number of hydrogen-bond donors (Lipinski definition) is 1. The van der Waals surface area contributed by atoms with E-state index in [-0.39, 0.29) is 5.92 Å². The molecule has 4 nitrogen and oxygen atoms in total. The van der Waals surface area contributed by atoms with Crippen molar-refractivity contribution < 1.29 is 9.52 Å². The third-order valence-electron chi connectivity index (χ3n) is 4.44. The fourth-order valence-electron chi connectivity index (χ4n) is 3.02. The van der Waals surface area contributed by atoms with E-state index in [9.17, 15) is 5.11 Å². The minimum atomic E-state index is -0.650. The number of aliphatic hydroxyl groups excluding tert-OH is 1. The number of aromatic nitrogens is 1. The summed E-state index contributed by atoms with van der Waals surface area (Å²) in [6.45, 7) is 5.97. The summed E-state index contributed by atoms with van der Waals surface area (Å²) < 4.78 is 6.01. The standard InChI is InChI=1S/C19H26N2O2/c1-14(2)17(22)18-20-16(13-15-9-5-3-6-10-15)19(23-18)21-11-7-4-8-12-21/h3,5-6,9-10,14,17,22H,4,7-8,11-13H2,1-2H3. The molecule has 3 rings (SSSR count). The molecule has 124 valence electrons. The zero-order chi connectivity index (χ0) is 16.2. The molecule has 0 spiro atoms. The molecule has 0 aliphatic carbocycles. The van der Waals surface area contributed by atoms with Crippen LogP contribution in [0.3, 0.4) is 0 Å². The van der Waals surface area contributed by atoms with Gasteiger partial charge in [0.2, 0.25) is 11.8 Å². The molecule has 0 saturated carbocycles. The first-order valence-corrected chi connectivity index (χ1v) is 8.61. The van der Waals surface area contributed by atoms with E-state index >= 15 is 0 Å².